The summed E-state index contributed by atoms with van der Waals surface area (Å²) < 4.78 is 0. The third kappa shape index (κ3) is 12.1. The van der Waals surface area contributed by atoms with E-state index >= 15 is 0 Å². The van der Waals surface area contributed by atoms with Crippen molar-refractivity contribution in [1.29, 1.82) is 0 Å². The second kappa shape index (κ2) is 15.6. The topological polar surface area (TPSA) is 251 Å². The van der Waals surface area contributed by atoms with Crippen LogP contribution in [-0.4, -0.2) is 81.7 Å². The molecule has 0 heterocycles. The van der Waals surface area contributed by atoms with Crippen molar-refractivity contribution in [2.24, 2.45) is 17.4 Å². The molecule has 194 valence electrons. The average Bonchev–Trinajstić information content (AvgIpc) is 2.73. The quantitative estimate of drug-likeness (QED) is 0.103. The fraction of sp³-hybridized carbons (Fsp3) is 0.700. The summed E-state index contributed by atoms with van der Waals surface area (Å²) in [6, 6.07) is -5.33. The second-order valence-electron chi connectivity index (χ2n) is 8.11. The molecule has 0 fully saturated rings. The number of nitrogens with two attached hydrogens (primary N) is 2. The minimum atomic E-state index is -1.54. The maximum Gasteiger partial charge on any atom is 0.326 e. The summed E-state index contributed by atoms with van der Waals surface area (Å²) in [4.78, 5) is 70.9. The molecular formula is C20H35N5O9. The highest BCUT2D eigenvalue weighted by molar-refractivity contribution is 5.95. The van der Waals surface area contributed by atoms with Gasteiger partial charge in [-0.15, -0.1) is 0 Å². The molecule has 10 N–H and O–H groups in total. The van der Waals surface area contributed by atoms with E-state index in [0.717, 1.165) is 0 Å². The van der Waals surface area contributed by atoms with Crippen LogP contribution in [0.3, 0.4) is 0 Å². The minimum absolute atomic E-state index is 0.272. The van der Waals surface area contributed by atoms with Crippen molar-refractivity contribution in [3.8, 4) is 0 Å². The van der Waals surface area contributed by atoms with E-state index in [-0.39, 0.29) is 12.8 Å². The van der Waals surface area contributed by atoms with Crippen molar-refractivity contribution in [2.75, 3.05) is 6.54 Å². The lowest BCUT2D eigenvalue weighted by Crippen LogP contribution is -2.58. The number of hydrogen-bond donors (Lipinski definition) is 8. The number of aliphatic carboxylic acids is 3. The van der Waals surface area contributed by atoms with Gasteiger partial charge < -0.3 is 42.7 Å². The molecule has 4 unspecified atom stereocenters. The summed E-state index contributed by atoms with van der Waals surface area (Å²) in [7, 11) is 0. The first-order chi connectivity index (χ1) is 15.8. The van der Waals surface area contributed by atoms with Gasteiger partial charge in [0, 0.05) is 6.42 Å². The number of amides is 3. The van der Waals surface area contributed by atoms with Crippen LogP contribution in [0.25, 0.3) is 0 Å². The highest BCUT2D eigenvalue weighted by Crippen LogP contribution is 2.07. The Labute approximate surface area is 196 Å². The van der Waals surface area contributed by atoms with Crippen LogP contribution < -0.4 is 27.4 Å². The summed E-state index contributed by atoms with van der Waals surface area (Å²) in [6.07, 6.45) is -0.203. The van der Waals surface area contributed by atoms with Crippen molar-refractivity contribution >= 4 is 35.6 Å². The van der Waals surface area contributed by atoms with Gasteiger partial charge >= 0.3 is 17.9 Å². The summed E-state index contributed by atoms with van der Waals surface area (Å²) in [5.41, 5.74) is 11.2. The Morgan fingerprint density at radius 1 is 0.765 bits per heavy atom. The molecule has 34 heavy (non-hydrogen) atoms. The highest BCUT2D eigenvalue weighted by atomic mass is 16.4. The summed E-state index contributed by atoms with van der Waals surface area (Å²) in [5, 5.41) is 33.9. The molecule has 0 aliphatic rings. The van der Waals surface area contributed by atoms with Gasteiger partial charge in [-0.1, -0.05) is 20.3 Å². The van der Waals surface area contributed by atoms with Gasteiger partial charge in [0.05, 0.1) is 12.5 Å². The Morgan fingerprint density at radius 2 is 1.35 bits per heavy atom. The van der Waals surface area contributed by atoms with Gasteiger partial charge in [0.1, 0.15) is 18.1 Å². The van der Waals surface area contributed by atoms with Crippen LogP contribution in [0, 0.1) is 5.92 Å². The van der Waals surface area contributed by atoms with Gasteiger partial charge in [-0.3, -0.25) is 24.0 Å². The third-order valence-corrected chi connectivity index (χ3v) is 4.83. The molecule has 0 radical (unpaired) electrons. The first kappa shape index (κ1) is 30.7. The van der Waals surface area contributed by atoms with Crippen molar-refractivity contribution in [2.45, 2.75) is 76.5 Å². The summed E-state index contributed by atoms with van der Waals surface area (Å²) in [5.74, 6) is -7.27. The van der Waals surface area contributed by atoms with Crippen LogP contribution in [0.5, 0.6) is 0 Å². The van der Waals surface area contributed by atoms with Gasteiger partial charge in [-0.2, -0.15) is 0 Å². The molecule has 4 atom stereocenters. The molecule has 0 bridgehead atoms. The van der Waals surface area contributed by atoms with Crippen LogP contribution in [0.15, 0.2) is 0 Å². The molecule has 0 saturated carbocycles. The monoisotopic (exact) mass is 489 g/mol. The van der Waals surface area contributed by atoms with Crippen LogP contribution in [-0.2, 0) is 28.8 Å². The predicted molar refractivity (Wildman–Crippen MR) is 118 cm³/mol. The number of rotatable bonds is 17. The molecule has 0 aliphatic carbocycles. The van der Waals surface area contributed by atoms with Gasteiger partial charge in [0.15, 0.2) is 0 Å². The molecule has 14 nitrogen and oxygen atoms in total. The largest absolute Gasteiger partial charge is 0.481 e. The van der Waals surface area contributed by atoms with Crippen molar-refractivity contribution in [3.63, 3.8) is 0 Å². The Hall–Kier alpha value is -3.26. The van der Waals surface area contributed by atoms with E-state index in [1.54, 1.807) is 13.8 Å². The van der Waals surface area contributed by atoms with E-state index in [1.165, 1.54) is 0 Å². The lowest BCUT2D eigenvalue weighted by atomic mass is 10.0. The number of carboxylic acid groups (broad SMARTS) is 3. The van der Waals surface area contributed by atoms with Crippen LogP contribution in [0.1, 0.15) is 52.4 Å². The molecule has 0 spiro atoms. The average molecular weight is 490 g/mol. The smallest absolute Gasteiger partial charge is 0.326 e. The first-order valence-electron chi connectivity index (χ1n) is 10.8. The SMILES string of the molecule is CC(C)C(NC(=O)C(CC(=O)O)NC(=O)C(N)CCCCN)C(=O)NC(CCC(=O)O)C(=O)O. The Bertz CT molecular complexity index is 744. The van der Waals surface area contributed by atoms with E-state index in [9.17, 15) is 33.9 Å². The Balaban J connectivity index is 5.37. The van der Waals surface area contributed by atoms with Crippen molar-refractivity contribution in [1.82, 2.24) is 16.0 Å². The molecule has 14 heteroatoms. The molecule has 0 rings (SSSR count). The molecule has 0 aromatic heterocycles. The fourth-order valence-electron chi connectivity index (χ4n) is 2.88. The Kier molecular flexibility index (Phi) is 14.1. The maximum atomic E-state index is 12.7. The summed E-state index contributed by atoms with van der Waals surface area (Å²) in [6.45, 7) is 3.52. The Morgan fingerprint density at radius 3 is 1.82 bits per heavy atom. The van der Waals surface area contributed by atoms with E-state index < -0.39 is 78.6 Å². The number of carboxylic acids is 3. The lowest BCUT2D eigenvalue weighted by molar-refractivity contribution is -0.144. The minimum Gasteiger partial charge on any atom is -0.481 e. The van der Waals surface area contributed by atoms with Crippen LogP contribution in [0.4, 0.5) is 0 Å². The molecule has 0 aromatic carbocycles. The molecular weight excluding hydrogens is 454 g/mol. The third-order valence-electron chi connectivity index (χ3n) is 4.83. The number of carbonyl (C=O) groups is 6. The van der Waals surface area contributed by atoms with Crippen molar-refractivity contribution in [3.05, 3.63) is 0 Å². The van der Waals surface area contributed by atoms with E-state index in [4.69, 9.17) is 21.7 Å². The normalized spacial score (nSPS) is 14.4. The number of hydrogen-bond acceptors (Lipinski definition) is 8. The molecule has 0 saturated heterocycles. The zero-order chi connectivity index (χ0) is 26.4. The zero-order valence-corrected chi connectivity index (χ0v) is 19.3. The fourth-order valence-corrected chi connectivity index (χ4v) is 2.88. The first-order valence-corrected chi connectivity index (χ1v) is 10.8. The zero-order valence-electron chi connectivity index (χ0n) is 19.3. The second-order valence-corrected chi connectivity index (χ2v) is 8.11. The van der Waals surface area contributed by atoms with E-state index in [0.29, 0.717) is 19.4 Å². The van der Waals surface area contributed by atoms with Crippen molar-refractivity contribution < 1.29 is 44.1 Å². The van der Waals surface area contributed by atoms with E-state index in [2.05, 4.69) is 16.0 Å². The predicted octanol–water partition coefficient (Wildman–Crippen LogP) is -2.02. The maximum absolute atomic E-state index is 12.7. The van der Waals surface area contributed by atoms with Gasteiger partial charge in [-0.25, -0.2) is 4.79 Å². The van der Waals surface area contributed by atoms with Gasteiger partial charge in [-0.05, 0) is 31.7 Å². The van der Waals surface area contributed by atoms with Crippen LogP contribution in [0.2, 0.25) is 0 Å². The van der Waals surface area contributed by atoms with Gasteiger partial charge in [0.2, 0.25) is 17.7 Å². The summed E-state index contributed by atoms with van der Waals surface area (Å²) >= 11 is 0. The number of carbonyl (C=O) groups excluding carboxylic acids is 3. The molecule has 0 aliphatic heterocycles. The van der Waals surface area contributed by atoms with E-state index in [1.807, 2.05) is 0 Å². The molecule has 0 aromatic rings. The highest BCUT2D eigenvalue weighted by Gasteiger charge is 2.32. The number of nitrogens with one attached hydrogen (secondary N) is 3. The molecule has 3 amide bonds. The number of unbranched alkanes of at least 4 members (excludes halogenated alkanes) is 1. The lowest BCUT2D eigenvalue weighted by Gasteiger charge is -2.26. The van der Waals surface area contributed by atoms with Crippen LogP contribution >= 0.6 is 0 Å². The standard InChI is InChI=1S/C20H35N5O9/c1-10(2)16(19(32)23-12(20(33)34)6-7-14(26)27)25-18(31)13(9-15(28)29)24-17(30)11(22)5-3-4-8-21/h10-13,16H,3-9,21-22H2,1-2H3,(H,23,32)(H,24,30)(H,25,31)(H,26,27)(H,28,29)(H,33,34). The van der Waals surface area contributed by atoms with Gasteiger partial charge in [0.25, 0.3) is 0 Å².